The zero-order chi connectivity index (χ0) is 13.8. The summed E-state index contributed by atoms with van der Waals surface area (Å²) in [6.45, 7) is 0.543. The normalized spacial score (nSPS) is 21.7. The van der Waals surface area contributed by atoms with Gasteiger partial charge in [0.25, 0.3) is 0 Å². The minimum absolute atomic E-state index is 0.0199. The molecule has 1 heterocycles. The lowest BCUT2D eigenvalue weighted by atomic mass is 10.2. The molecule has 3 N–H and O–H groups in total. The summed E-state index contributed by atoms with van der Waals surface area (Å²) in [5, 5.41) is 20.2. The maximum Gasteiger partial charge on any atom is 0.323 e. The molecule has 0 aliphatic carbocycles. The van der Waals surface area contributed by atoms with E-state index in [-0.39, 0.29) is 31.7 Å². The molecule has 1 aliphatic heterocycles. The van der Waals surface area contributed by atoms with Crippen molar-refractivity contribution in [3.8, 4) is 0 Å². The van der Waals surface area contributed by atoms with Crippen LogP contribution in [0, 0.1) is 0 Å². The van der Waals surface area contributed by atoms with Crippen molar-refractivity contribution in [2.24, 2.45) is 0 Å². The fraction of sp³-hybridized carbons (Fsp3) is 0.778. The van der Waals surface area contributed by atoms with Crippen molar-refractivity contribution >= 4 is 22.0 Å². The van der Waals surface area contributed by atoms with Crippen molar-refractivity contribution in [2.75, 3.05) is 25.4 Å². The lowest BCUT2D eigenvalue weighted by Gasteiger charge is -2.32. The van der Waals surface area contributed by atoms with Gasteiger partial charge in [0.2, 0.25) is 10.0 Å². The maximum atomic E-state index is 11.9. The number of aliphatic carboxylic acids is 2. The number of carboxylic acid groups (broad SMARTS) is 2. The molecule has 0 bridgehead atoms. The van der Waals surface area contributed by atoms with Crippen LogP contribution in [0.2, 0.25) is 0 Å². The first-order valence-corrected chi connectivity index (χ1v) is 7.10. The number of nitrogens with zero attached hydrogens (tertiary/aromatic N) is 1. The number of sulfonamides is 1. The molecule has 8 nitrogen and oxygen atoms in total. The average molecular weight is 280 g/mol. The van der Waals surface area contributed by atoms with Gasteiger partial charge in [0, 0.05) is 26.1 Å². The first-order valence-electron chi connectivity index (χ1n) is 5.49. The van der Waals surface area contributed by atoms with Gasteiger partial charge in [-0.25, -0.2) is 8.42 Å². The summed E-state index contributed by atoms with van der Waals surface area (Å²) in [6, 6.07) is -1.12. The molecule has 104 valence electrons. The first kappa shape index (κ1) is 14.9. The average Bonchev–Trinajstić information content (AvgIpc) is 2.28. The number of carbonyl (C=O) groups is 2. The fourth-order valence-corrected chi connectivity index (χ4v) is 3.42. The van der Waals surface area contributed by atoms with Crippen LogP contribution in [0.1, 0.15) is 12.8 Å². The lowest BCUT2D eigenvalue weighted by molar-refractivity contribution is -0.142. The second-order valence-electron chi connectivity index (χ2n) is 3.98. The Kier molecular flexibility index (Phi) is 5.05. The first-order chi connectivity index (χ1) is 8.34. The quantitative estimate of drug-likeness (QED) is 0.543. The van der Waals surface area contributed by atoms with Crippen LogP contribution in [-0.2, 0) is 19.6 Å². The fourth-order valence-electron chi connectivity index (χ4n) is 1.75. The standard InChI is InChI=1S/C9H16N2O6S/c12-8(13)2-1-5-18(16,17)11-4-3-10-6-7(11)9(14)15/h7,10H,1-6H2,(H,12,13)(H,14,15). The van der Waals surface area contributed by atoms with Gasteiger partial charge in [-0.05, 0) is 6.42 Å². The number of carboxylic acids is 2. The van der Waals surface area contributed by atoms with Crippen LogP contribution in [0.5, 0.6) is 0 Å². The molecule has 1 fully saturated rings. The van der Waals surface area contributed by atoms with Crippen molar-refractivity contribution in [3.63, 3.8) is 0 Å². The maximum absolute atomic E-state index is 11.9. The second-order valence-corrected chi connectivity index (χ2v) is 6.02. The van der Waals surface area contributed by atoms with Crippen molar-refractivity contribution in [3.05, 3.63) is 0 Å². The molecule has 18 heavy (non-hydrogen) atoms. The number of rotatable bonds is 6. The Balaban J connectivity index is 2.69. The zero-order valence-corrected chi connectivity index (χ0v) is 10.5. The van der Waals surface area contributed by atoms with E-state index >= 15 is 0 Å². The molecular weight excluding hydrogens is 264 g/mol. The van der Waals surface area contributed by atoms with Crippen LogP contribution in [-0.4, -0.2) is 66.3 Å². The van der Waals surface area contributed by atoms with Crippen molar-refractivity contribution in [1.29, 1.82) is 0 Å². The Morgan fingerprint density at radius 1 is 1.33 bits per heavy atom. The smallest absolute Gasteiger partial charge is 0.323 e. The Labute approximate surface area is 105 Å². The molecule has 0 aromatic carbocycles. The van der Waals surface area contributed by atoms with E-state index in [4.69, 9.17) is 10.2 Å². The van der Waals surface area contributed by atoms with E-state index in [1.165, 1.54) is 0 Å². The zero-order valence-electron chi connectivity index (χ0n) is 9.70. The van der Waals surface area contributed by atoms with E-state index in [2.05, 4.69) is 5.32 Å². The van der Waals surface area contributed by atoms with E-state index in [1.807, 2.05) is 0 Å². The molecule has 1 aliphatic rings. The van der Waals surface area contributed by atoms with Crippen LogP contribution >= 0.6 is 0 Å². The van der Waals surface area contributed by atoms with Gasteiger partial charge >= 0.3 is 11.9 Å². The topological polar surface area (TPSA) is 124 Å². The van der Waals surface area contributed by atoms with Gasteiger partial charge in [-0.1, -0.05) is 0 Å². The summed E-state index contributed by atoms with van der Waals surface area (Å²) < 4.78 is 24.8. The van der Waals surface area contributed by atoms with Crippen molar-refractivity contribution in [2.45, 2.75) is 18.9 Å². The summed E-state index contributed by atoms with van der Waals surface area (Å²) in [7, 11) is -3.72. The van der Waals surface area contributed by atoms with E-state index in [0.29, 0.717) is 6.54 Å². The number of nitrogens with one attached hydrogen (secondary N) is 1. The highest BCUT2D eigenvalue weighted by atomic mass is 32.2. The highest BCUT2D eigenvalue weighted by Crippen LogP contribution is 2.12. The Morgan fingerprint density at radius 3 is 2.56 bits per heavy atom. The minimum atomic E-state index is -3.72. The van der Waals surface area contributed by atoms with Gasteiger partial charge < -0.3 is 15.5 Å². The van der Waals surface area contributed by atoms with Gasteiger partial charge in [-0.3, -0.25) is 9.59 Å². The summed E-state index contributed by atoms with van der Waals surface area (Å²) in [4.78, 5) is 21.3. The van der Waals surface area contributed by atoms with E-state index in [1.54, 1.807) is 0 Å². The van der Waals surface area contributed by atoms with Gasteiger partial charge in [-0.15, -0.1) is 0 Å². The van der Waals surface area contributed by atoms with Gasteiger partial charge in [0.15, 0.2) is 0 Å². The highest BCUT2D eigenvalue weighted by molar-refractivity contribution is 7.89. The molecule has 0 aromatic heterocycles. The Bertz CT molecular complexity index is 421. The van der Waals surface area contributed by atoms with Crippen molar-refractivity contribution < 1.29 is 28.2 Å². The summed E-state index contributed by atoms with van der Waals surface area (Å²) in [5.41, 5.74) is 0. The SMILES string of the molecule is O=C(O)CCCS(=O)(=O)N1CCNCC1C(=O)O. The molecule has 1 atom stereocenters. The summed E-state index contributed by atoms with van der Waals surface area (Å²) in [6.07, 6.45) is -0.267. The Hall–Kier alpha value is -1.19. The van der Waals surface area contributed by atoms with Crippen LogP contribution in [0.4, 0.5) is 0 Å². The molecule has 1 saturated heterocycles. The van der Waals surface area contributed by atoms with E-state index < -0.39 is 28.0 Å². The van der Waals surface area contributed by atoms with Gasteiger partial charge in [0.1, 0.15) is 6.04 Å². The van der Waals surface area contributed by atoms with E-state index in [9.17, 15) is 18.0 Å². The van der Waals surface area contributed by atoms with Crippen LogP contribution in [0.25, 0.3) is 0 Å². The molecule has 0 aromatic rings. The van der Waals surface area contributed by atoms with Crippen LogP contribution in [0.15, 0.2) is 0 Å². The predicted molar refractivity (Wildman–Crippen MR) is 61.7 cm³/mol. The largest absolute Gasteiger partial charge is 0.481 e. The van der Waals surface area contributed by atoms with Crippen molar-refractivity contribution in [1.82, 2.24) is 9.62 Å². The molecular formula is C9H16N2O6S. The Morgan fingerprint density at radius 2 is 2.00 bits per heavy atom. The molecule has 1 unspecified atom stereocenters. The number of hydrogen-bond donors (Lipinski definition) is 3. The lowest BCUT2D eigenvalue weighted by Crippen LogP contribution is -2.57. The second kappa shape index (κ2) is 6.12. The minimum Gasteiger partial charge on any atom is -0.481 e. The monoisotopic (exact) mass is 280 g/mol. The summed E-state index contributed by atoms with van der Waals surface area (Å²) in [5.74, 6) is -2.62. The highest BCUT2D eigenvalue weighted by Gasteiger charge is 2.36. The molecule has 9 heteroatoms. The van der Waals surface area contributed by atoms with Gasteiger partial charge in [0.05, 0.1) is 5.75 Å². The third kappa shape index (κ3) is 3.93. The third-order valence-corrected chi connectivity index (χ3v) is 4.59. The third-order valence-electron chi connectivity index (χ3n) is 2.63. The molecule has 0 amide bonds. The number of piperazine rings is 1. The predicted octanol–water partition coefficient (Wildman–Crippen LogP) is -1.46. The molecule has 0 radical (unpaired) electrons. The van der Waals surface area contributed by atoms with Gasteiger partial charge in [-0.2, -0.15) is 4.31 Å². The molecule has 0 spiro atoms. The molecule has 0 saturated carbocycles. The van der Waals surface area contributed by atoms with E-state index in [0.717, 1.165) is 4.31 Å². The van der Waals surface area contributed by atoms with Crippen LogP contribution < -0.4 is 5.32 Å². The van der Waals surface area contributed by atoms with Crippen LogP contribution in [0.3, 0.4) is 0 Å². The number of hydrogen-bond acceptors (Lipinski definition) is 5. The summed E-state index contributed by atoms with van der Waals surface area (Å²) >= 11 is 0. The molecule has 1 rings (SSSR count).